The van der Waals surface area contributed by atoms with Crippen LogP contribution in [-0.4, -0.2) is 29.8 Å². The maximum atomic E-state index is 5.98. The normalized spacial score (nSPS) is 10.4. The highest BCUT2D eigenvalue weighted by atomic mass is 35.5. The van der Waals surface area contributed by atoms with Gasteiger partial charge in [-0.1, -0.05) is 41.9 Å². The summed E-state index contributed by atoms with van der Waals surface area (Å²) in [6.07, 6.45) is 0. The lowest BCUT2D eigenvalue weighted by Gasteiger charge is -2.07. The van der Waals surface area contributed by atoms with Crippen molar-refractivity contribution in [2.45, 2.75) is 6.92 Å². The second-order valence-electron chi connectivity index (χ2n) is 3.76. The lowest BCUT2D eigenvalue weighted by molar-refractivity contribution is 0.108. The van der Waals surface area contributed by atoms with E-state index in [1.165, 1.54) is 0 Å². The molecule has 100 valence electrons. The maximum absolute atomic E-state index is 5.98. The minimum Gasteiger partial charge on any atom is -0.475 e. The van der Waals surface area contributed by atoms with Gasteiger partial charge in [0, 0.05) is 18.2 Å². The Kier molecular flexibility index (Phi) is 5.12. The van der Waals surface area contributed by atoms with Crippen molar-refractivity contribution in [2.24, 2.45) is 0 Å². The predicted molar refractivity (Wildman–Crippen MR) is 74.5 cm³/mol. The Morgan fingerprint density at radius 2 is 1.89 bits per heavy atom. The third-order valence-electron chi connectivity index (χ3n) is 2.39. The van der Waals surface area contributed by atoms with Gasteiger partial charge in [0.2, 0.25) is 5.88 Å². The lowest BCUT2D eigenvalue weighted by Crippen LogP contribution is -2.07. The standard InChI is InChI=1S/C14H15ClN2O2/c1-2-18-8-9-19-13-10-12(15)16-14(17-13)11-6-4-3-5-7-11/h3-7,10H,2,8-9H2,1H3. The average Bonchev–Trinajstić information content (AvgIpc) is 2.44. The zero-order chi connectivity index (χ0) is 13.5. The molecule has 0 bridgehead atoms. The molecule has 0 amide bonds. The Labute approximate surface area is 117 Å². The first-order valence-corrected chi connectivity index (χ1v) is 6.48. The van der Waals surface area contributed by atoms with E-state index < -0.39 is 0 Å². The van der Waals surface area contributed by atoms with Crippen LogP contribution in [0, 0.1) is 0 Å². The van der Waals surface area contributed by atoms with Gasteiger partial charge in [-0.3, -0.25) is 0 Å². The summed E-state index contributed by atoms with van der Waals surface area (Å²) in [7, 11) is 0. The van der Waals surface area contributed by atoms with Gasteiger partial charge in [0.1, 0.15) is 11.8 Å². The minimum atomic E-state index is 0.361. The van der Waals surface area contributed by atoms with Gasteiger partial charge in [-0.25, -0.2) is 4.98 Å². The topological polar surface area (TPSA) is 44.2 Å². The number of nitrogens with zero attached hydrogens (tertiary/aromatic N) is 2. The molecule has 2 aromatic rings. The fourth-order valence-corrected chi connectivity index (χ4v) is 1.71. The molecule has 0 aliphatic carbocycles. The van der Waals surface area contributed by atoms with Crippen LogP contribution in [0.4, 0.5) is 0 Å². The van der Waals surface area contributed by atoms with Gasteiger partial charge >= 0.3 is 0 Å². The quantitative estimate of drug-likeness (QED) is 0.601. The number of halogens is 1. The molecule has 0 fully saturated rings. The van der Waals surface area contributed by atoms with Crippen LogP contribution in [0.15, 0.2) is 36.4 Å². The molecule has 19 heavy (non-hydrogen) atoms. The van der Waals surface area contributed by atoms with Crippen LogP contribution >= 0.6 is 11.6 Å². The molecule has 0 spiro atoms. The van der Waals surface area contributed by atoms with Crippen LogP contribution in [0.2, 0.25) is 5.15 Å². The first-order valence-electron chi connectivity index (χ1n) is 6.10. The van der Waals surface area contributed by atoms with Crippen LogP contribution in [0.25, 0.3) is 11.4 Å². The largest absolute Gasteiger partial charge is 0.475 e. The molecule has 2 rings (SSSR count). The first-order chi connectivity index (χ1) is 9.29. The third kappa shape index (κ3) is 4.19. The molecule has 0 N–H and O–H groups in total. The molecule has 0 saturated carbocycles. The van der Waals surface area contributed by atoms with Gasteiger partial charge in [-0.05, 0) is 6.92 Å². The SMILES string of the molecule is CCOCCOc1cc(Cl)nc(-c2ccccc2)n1. The van der Waals surface area contributed by atoms with Crippen LogP contribution in [0.3, 0.4) is 0 Å². The van der Waals surface area contributed by atoms with Crippen molar-refractivity contribution < 1.29 is 9.47 Å². The Balaban J connectivity index is 2.11. The van der Waals surface area contributed by atoms with Crippen molar-refractivity contribution in [1.29, 1.82) is 0 Å². The van der Waals surface area contributed by atoms with Crippen LogP contribution < -0.4 is 4.74 Å². The minimum absolute atomic E-state index is 0.361. The third-order valence-corrected chi connectivity index (χ3v) is 2.58. The molecule has 0 saturated heterocycles. The molecule has 5 heteroatoms. The van der Waals surface area contributed by atoms with E-state index in [0.29, 0.717) is 36.7 Å². The zero-order valence-corrected chi connectivity index (χ0v) is 11.4. The van der Waals surface area contributed by atoms with Gasteiger partial charge in [-0.2, -0.15) is 4.98 Å². The summed E-state index contributed by atoms with van der Waals surface area (Å²) < 4.78 is 10.7. The molecular formula is C14H15ClN2O2. The van der Waals surface area contributed by atoms with E-state index in [1.54, 1.807) is 6.07 Å². The van der Waals surface area contributed by atoms with E-state index in [9.17, 15) is 0 Å². The molecule has 0 aliphatic heterocycles. The lowest BCUT2D eigenvalue weighted by atomic mass is 10.2. The first kappa shape index (κ1) is 13.8. The van der Waals surface area contributed by atoms with E-state index >= 15 is 0 Å². The van der Waals surface area contributed by atoms with E-state index in [1.807, 2.05) is 37.3 Å². The van der Waals surface area contributed by atoms with Crippen molar-refractivity contribution >= 4 is 11.6 Å². The van der Waals surface area contributed by atoms with Crippen LogP contribution in [0.1, 0.15) is 6.92 Å². The van der Waals surface area contributed by atoms with Gasteiger partial charge < -0.3 is 9.47 Å². The summed E-state index contributed by atoms with van der Waals surface area (Å²) in [6.45, 7) is 3.58. The summed E-state index contributed by atoms with van der Waals surface area (Å²) >= 11 is 5.98. The Morgan fingerprint density at radius 3 is 2.63 bits per heavy atom. The van der Waals surface area contributed by atoms with Gasteiger partial charge in [0.15, 0.2) is 5.82 Å². The summed E-state index contributed by atoms with van der Waals surface area (Å²) in [4.78, 5) is 8.52. The molecule has 1 heterocycles. The Hall–Kier alpha value is -1.65. The summed E-state index contributed by atoms with van der Waals surface area (Å²) in [6, 6.07) is 11.2. The zero-order valence-electron chi connectivity index (χ0n) is 10.7. The second kappa shape index (κ2) is 7.07. The van der Waals surface area contributed by atoms with E-state index in [4.69, 9.17) is 21.1 Å². The molecular weight excluding hydrogens is 264 g/mol. The van der Waals surface area contributed by atoms with Crippen molar-refractivity contribution in [3.8, 4) is 17.3 Å². The number of aromatic nitrogens is 2. The smallest absolute Gasteiger partial charge is 0.218 e. The molecule has 0 atom stereocenters. The second-order valence-corrected chi connectivity index (χ2v) is 4.15. The number of rotatable bonds is 6. The fourth-order valence-electron chi connectivity index (χ4n) is 1.54. The number of hydrogen-bond acceptors (Lipinski definition) is 4. The van der Waals surface area contributed by atoms with E-state index in [0.717, 1.165) is 5.56 Å². The monoisotopic (exact) mass is 278 g/mol. The maximum Gasteiger partial charge on any atom is 0.218 e. The Bertz CT molecular complexity index is 520. The Morgan fingerprint density at radius 1 is 1.11 bits per heavy atom. The highest BCUT2D eigenvalue weighted by Crippen LogP contribution is 2.21. The van der Waals surface area contributed by atoms with Crippen molar-refractivity contribution in [3.05, 3.63) is 41.6 Å². The van der Waals surface area contributed by atoms with E-state index in [-0.39, 0.29) is 0 Å². The molecule has 4 nitrogen and oxygen atoms in total. The van der Waals surface area contributed by atoms with Crippen LogP contribution in [-0.2, 0) is 4.74 Å². The molecule has 1 aromatic heterocycles. The highest BCUT2D eigenvalue weighted by Gasteiger charge is 2.06. The number of ether oxygens (including phenoxy) is 2. The highest BCUT2D eigenvalue weighted by molar-refractivity contribution is 6.29. The van der Waals surface area contributed by atoms with E-state index in [2.05, 4.69) is 9.97 Å². The van der Waals surface area contributed by atoms with Crippen molar-refractivity contribution in [3.63, 3.8) is 0 Å². The van der Waals surface area contributed by atoms with Gasteiger partial charge in [-0.15, -0.1) is 0 Å². The fraction of sp³-hybridized carbons (Fsp3) is 0.286. The van der Waals surface area contributed by atoms with Crippen molar-refractivity contribution in [1.82, 2.24) is 9.97 Å². The van der Waals surface area contributed by atoms with Gasteiger partial charge in [0.05, 0.1) is 6.61 Å². The number of hydrogen-bond donors (Lipinski definition) is 0. The molecule has 0 radical (unpaired) electrons. The van der Waals surface area contributed by atoms with Crippen molar-refractivity contribution in [2.75, 3.05) is 19.8 Å². The predicted octanol–water partition coefficient (Wildman–Crippen LogP) is 3.21. The van der Waals surface area contributed by atoms with Gasteiger partial charge in [0.25, 0.3) is 0 Å². The molecule has 0 unspecified atom stereocenters. The average molecular weight is 279 g/mol. The summed E-state index contributed by atoms with van der Waals surface area (Å²) in [5.74, 6) is 1.01. The summed E-state index contributed by atoms with van der Waals surface area (Å²) in [5.41, 5.74) is 0.902. The molecule has 1 aromatic carbocycles. The van der Waals surface area contributed by atoms with Crippen LogP contribution in [0.5, 0.6) is 5.88 Å². The molecule has 0 aliphatic rings. The number of benzene rings is 1. The summed E-state index contributed by atoms with van der Waals surface area (Å²) in [5, 5.41) is 0.361.